The minimum absolute atomic E-state index is 0.167. The van der Waals surface area contributed by atoms with Crippen molar-refractivity contribution in [1.29, 1.82) is 0 Å². The molecule has 0 bridgehead atoms. The first-order chi connectivity index (χ1) is 9.69. The van der Waals surface area contributed by atoms with E-state index in [1.807, 2.05) is 0 Å². The van der Waals surface area contributed by atoms with Crippen molar-refractivity contribution in [1.82, 2.24) is 14.2 Å². The van der Waals surface area contributed by atoms with E-state index < -0.39 is 0 Å². The Morgan fingerprint density at radius 1 is 1.25 bits per heavy atom. The van der Waals surface area contributed by atoms with Gasteiger partial charge in [-0.05, 0) is 23.8 Å². The minimum atomic E-state index is -0.345. The highest BCUT2D eigenvalue weighted by atomic mass is 19.1. The molecule has 2 heterocycles. The first-order valence-corrected chi connectivity index (χ1v) is 6.19. The monoisotopic (exact) mass is 272 g/mol. The van der Waals surface area contributed by atoms with Crippen LogP contribution in [0.15, 0.2) is 47.7 Å². The number of rotatable bonds is 3. The number of halogens is 1. The van der Waals surface area contributed by atoms with Gasteiger partial charge in [0.25, 0.3) is 5.56 Å². The third-order valence-electron chi connectivity index (χ3n) is 3.22. The van der Waals surface area contributed by atoms with Crippen LogP contribution in [0.25, 0.3) is 5.52 Å². The van der Waals surface area contributed by atoms with Crippen LogP contribution in [0.1, 0.15) is 11.1 Å². The lowest BCUT2D eigenvalue weighted by Gasteiger charge is -2.08. The molecule has 102 valence electrons. The molecule has 0 saturated carbocycles. The second-order valence-corrected chi connectivity index (χ2v) is 4.52. The second-order valence-electron chi connectivity index (χ2n) is 4.52. The van der Waals surface area contributed by atoms with Gasteiger partial charge in [0.1, 0.15) is 11.3 Å². The Balaban J connectivity index is 2.05. The van der Waals surface area contributed by atoms with E-state index in [-0.39, 0.29) is 17.9 Å². The van der Waals surface area contributed by atoms with Crippen LogP contribution in [0.4, 0.5) is 4.39 Å². The maximum atomic E-state index is 13.8. The van der Waals surface area contributed by atoms with Crippen molar-refractivity contribution >= 4 is 5.52 Å². The Bertz CT molecular complexity index is 821. The Morgan fingerprint density at radius 3 is 2.90 bits per heavy atom. The highest BCUT2D eigenvalue weighted by Crippen LogP contribution is 2.11. The summed E-state index contributed by atoms with van der Waals surface area (Å²) in [5.41, 5.74) is 7.08. The van der Waals surface area contributed by atoms with E-state index in [1.165, 1.54) is 15.1 Å². The Kier molecular flexibility index (Phi) is 3.08. The molecule has 5 nitrogen and oxygen atoms in total. The molecule has 0 radical (unpaired) electrons. The molecule has 3 rings (SSSR count). The molecule has 3 aromatic rings. The fraction of sp³-hybridized carbons (Fsp3) is 0.143. The zero-order chi connectivity index (χ0) is 14.1. The van der Waals surface area contributed by atoms with Crippen molar-refractivity contribution in [3.63, 3.8) is 0 Å². The molecule has 0 spiro atoms. The van der Waals surface area contributed by atoms with Crippen molar-refractivity contribution in [3.05, 3.63) is 70.2 Å². The normalized spacial score (nSPS) is 11.1. The number of hydrogen-bond donors (Lipinski definition) is 1. The molecule has 0 saturated heterocycles. The largest absolute Gasteiger partial charge is 0.326 e. The van der Waals surface area contributed by atoms with Gasteiger partial charge in [-0.2, -0.15) is 5.10 Å². The van der Waals surface area contributed by atoms with Crippen LogP contribution in [0.2, 0.25) is 0 Å². The summed E-state index contributed by atoms with van der Waals surface area (Å²) in [6.45, 7) is 0.504. The van der Waals surface area contributed by atoms with Crippen LogP contribution in [-0.4, -0.2) is 14.2 Å². The van der Waals surface area contributed by atoms with Crippen LogP contribution in [0, 0.1) is 5.82 Å². The van der Waals surface area contributed by atoms with E-state index in [0.717, 1.165) is 5.56 Å². The Hall–Kier alpha value is -2.47. The topological polar surface area (TPSA) is 65.3 Å². The predicted molar refractivity (Wildman–Crippen MR) is 72.8 cm³/mol. The van der Waals surface area contributed by atoms with Gasteiger partial charge in [-0.3, -0.25) is 4.79 Å². The van der Waals surface area contributed by atoms with Gasteiger partial charge in [0.05, 0.1) is 12.7 Å². The van der Waals surface area contributed by atoms with Crippen LogP contribution in [-0.2, 0) is 13.1 Å². The van der Waals surface area contributed by atoms with Crippen molar-refractivity contribution < 1.29 is 4.39 Å². The summed E-state index contributed by atoms with van der Waals surface area (Å²) in [5, 5.41) is 3.99. The molecule has 0 unspecified atom stereocenters. The standard InChI is InChI=1S/C14H13FN4O/c15-12-2-1-10(8-16)7-11(12)9-18-5-6-19-13(14(18)20)3-4-17-19/h1-7H,8-9,16H2. The molecule has 0 fully saturated rings. The van der Waals surface area contributed by atoms with Gasteiger partial charge in [-0.15, -0.1) is 0 Å². The van der Waals surface area contributed by atoms with Crippen molar-refractivity contribution in [2.45, 2.75) is 13.1 Å². The highest BCUT2D eigenvalue weighted by molar-refractivity contribution is 5.42. The summed E-state index contributed by atoms with van der Waals surface area (Å²) in [7, 11) is 0. The summed E-state index contributed by atoms with van der Waals surface area (Å²) in [6.07, 6.45) is 4.81. The molecule has 0 aliphatic carbocycles. The molecule has 0 atom stereocenters. The number of fused-ring (bicyclic) bond motifs is 1. The van der Waals surface area contributed by atoms with Gasteiger partial charge in [0, 0.05) is 24.5 Å². The lowest BCUT2D eigenvalue weighted by Crippen LogP contribution is -2.22. The number of benzene rings is 1. The smallest absolute Gasteiger partial charge is 0.276 e. The summed E-state index contributed by atoms with van der Waals surface area (Å²) >= 11 is 0. The summed E-state index contributed by atoms with van der Waals surface area (Å²) in [6, 6.07) is 6.33. The second kappa shape index (κ2) is 4.90. The third kappa shape index (κ3) is 2.10. The zero-order valence-corrected chi connectivity index (χ0v) is 10.7. The van der Waals surface area contributed by atoms with Gasteiger partial charge in [0.15, 0.2) is 0 Å². The summed E-state index contributed by atoms with van der Waals surface area (Å²) in [5.74, 6) is -0.345. The van der Waals surface area contributed by atoms with Gasteiger partial charge >= 0.3 is 0 Å². The predicted octanol–water partition coefficient (Wildman–Crippen LogP) is 1.14. The summed E-state index contributed by atoms with van der Waals surface area (Å²) < 4.78 is 16.7. The molecule has 20 heavy (non-hydrogen) atoms. The molecule has 2 aromatic heterocycles. The Morgan fingerprint density at radius 2 is 2.10 bits per heavy atom. The van der Waals surface area contributed by atoms with Gasteiger partial charge < -0.3 is 10.3 Å². The molecule has 6 heteroatoms. The first kappa shape index (κ1) is 12.6. The van der Waals surface area contributed by atoms with Gasteiger partial charge in [-0.25, -0.2) is 8.91 Å². The van der Waals surface area contributed by atoms with E-state index in [4.69, 9.17) is 5.73 Å². The van der Waals surface area contributed by atoms with Gasteiger partial charge in [-0.1, -0.05) is 6.07 Å². The maximum Gasteiger partial charge on any atom is 0.276 e. The van der Waals surface area contributed by atoms with E-state index in [0.29, 0.717) is 17.6 Å². The van der Waals surface area contributed by atoms with Crippen LogP contribution in [0.5, 0.6) is 0 Å². The molecular weight excluding hydrogens is 259 g/mol. The van der Waals surface area contributed by atoms with E-state index in [1.54, 1.807) is 36.8 Å². The molecule has 1 aromatic carbocycles. The minimum Gasteiger partial charge on any atom is -0.326 e. The van der Waals surface area contributed by atoms with Gasteiger partial charge in [0.2, 0.25) is 0 Å². The van der Waals surface area contributed by atoms with Crippen LogP contribution in [0.3, 0.4) is 0 Å². The van der Waals surface area contributed by atoms with E-state index in [9.17, 15) is 9.18 Å². The fourth-order valence-electron chi connectivity index (χ4n) is 2.15. The Labute approximate surface area is 114 Å². The molecule has 2 N–H and O–H groups in total. The van der Waals surface area contributed by atoms with Crippen molar-refractivity contribution in [3.8, 4) is 0 Å². The summed E-state index contributed by atoms with van der Waals surface area (Å²) in [4.78, 5) is 12.2. The third-order valence-corrected chi connectivity index (χ3v) is 3.22. The molecule has 0 aliphatic heterocycles. The van der Waals surface area contributed by atoms with E-state index in [2.05, 4.69) is 5.10 Å². The van der Waals surface area contributed by atoms with Crippen molar-refractivity contribution in [2.24, 2.45) is 5.73 Å². The van der Waals surface area contributed by atoms with E-state index >= 15 is 0 Å². The number of nitrogens with zero attached hydrogens (tertiary/aromatic N) is 3. The molecular formula is C14H13FN4O. The molecule has 0 amide bonds. The lowest BCUT2D eigenvalue weighted by atomic mass is 10.1. The SMILES string of the molecule is NCc1ccc(F)c(Cn2ccn3nccc3c2=O)c1. The number of nitrogens with two attached hydrogens (primary N) is 1. The average molecular weight is 272 g/mol. The molecule has 0 aliphatic rings. The van der Waals surface area contributed by atoms with Crippen molar-refractivity contribution in [2.75, 3.05) is 0 Å². The quantitative estimate of drug-likeness (QED) is 0.777. The van der Waals surface area contributed by atoms with Crippen LogP contribution >= 0.6 is 0 Å². The van der Waals surface area contributed by atoms with Crippen LogP contribution < -0.4 is 11.3 Å². The fourth-order valence-corrected chi connectivity index (χ4v) is 2.15. The number of aromatic nitrogens is 3. The average Bonchev–Trinajstić information content (AvgIpc) is 2.93. The lowest BCUT2D eigenvalue weighted by molar-refractivity contribution is 0.594. The first-order valence-electron chi connectivity index (χ1n) is 6.19. The highest BCUT2D eigenvalue weighted by Gasteiger charge is 2.08. The number of hydrogen-bond acceptors (Lipinski definition) is 3. The maximum absolute atomic E-state index is 13.8. The zero-order valence-electron chi connectivity index (χ0n) is 10.7.